The molecule has 0 amide bonds. The fourth-order valence-corrected chi connectivity index (χ4v) is 4.23. The van der Waals surface area contributed by atoms with Crippen LogP contribution in [0.1, 0.15) is 22.1 Å². The van der Waals surface area contributed by atoms with Crippen LogP contribution in [-0.4, -0.2) is 5.11 Å². The number of hydrogen-bond acceptors (Lipinski definition) is 3. The second-order valence-corrected chi connectivity index (χ2v) is 8.40. The number of halogens is 2. The lowest BCUT2D eigenvalue weighted by molar-refractivity contribution is 0.224. The Balaban J connectivity index is 2.31. The van der Waals surface area contributed by atoms with Gasteiger partial charge in [0.2, 0.25) is 0 Å². The number of aryl methyl sites for hydroxylation is 1. The zero-order chi connectivity index (χ0) is 11.0. The third-order valence-corrected chi connectivity index (χ3v) is 6.05. The second-order valence-electron chi connectivity index (χ2n) is 3.19. The van der Waals surface area contributed by atoms with E-state index in [9.17, 15) is 5.11 Å². The highest BCUT2D eigenvalue weighted by atomic mass is 127. The van der Waals surface area contributed by atoms with Crippen LogP contribution in [0.25, 0.3) is 0 Å². The van der Waals surface area contributed by atoms with Gasteiger partial charge < -0.3 is 5.11 Å². The molecule has 80 valence electrons. The average molecular weight is 415 g/mol. The lowest BCUT2D eigenvalue weighted by Crippen LogP contribution is -1.94. The van der Waals surface area contributed by atoms with Crippen LogP contribution in [0.15, 0.2) is 21.3 Å². The van der Waals surface area contributed by atoms with Gasteiger partial charge in [-0.3, -0.25) is 0 Å². The van der Waals surface area contributed by atoms with Gasteiger partial charge in [0.15, 0.2) is 0 Å². The molecule has 1 nitrogen and oxygen atoms in total. The molecule has 1 unspecified atom stereocenters. The van der Waals surface area contributed by atoms with Crippen molar-refractivity contribution in [2.75, 3.05) is 0 Å². The van der Waals surface area contributed by atoms with Gasteiger partial charge in [-0.05, 0) is 74.1 Å². The Kier molecular flexibility index (Phi) is 3.88. The second kappa shape index (κ2) is 4.83. The largest absolute Gasteiger partial charge is 0.383 e. The van der Waals surface area contributed by atoms with Crippen LogP contribution >= 0.6 is 61.2 Å². The third-order valence-electron chi connectivity index (χ3n) is 2.05. The lowest BCUT2D eigenvalue weighted by Gasteiger charge is -2.04. The molecule has 0 aliphatic heterocycles. The molecule has 5 heteroatoms. The summed E-state index contributed by atoms with van der Waals surface area (Å²) in [4.78, 5) is 0.994. The van der Waals surface area contributed by atoms with Crippen molar-refractivity contribution in [2.45, 2.75) is 13.0 Å². The van der Waals surface area contributed by atoms with Crippen molar-refractivity contribution in [1.82, 2.24) is 0 Å². The first-order valence-electron chi connectivity index (χ1n) is 4.25. The minimum absolute atomic E-state index is 0.486. The molecule has 0 saturated carbocycles. The average Bonchev–Trinajstić information content (AvgIpc) is 2.74. The Morgan fingerprint density at radius 3 is 2.67 bits per heavy atom. The first-order valence-corrected chi connectivity index (χ1v) is 7.82. The quantitative estimate of drug-likeness (QED) is 0.713. The summed E-state index contributed by atoms with van der Waals surface area (Å²) in [5, 5.41) is 12.1. The van der Waals surface area contributed by atoms with E-state index in [2.05, 4.69) is 38.5 Å². The van der Waals surface area contributed by atoms with Gasteiger partial charge >= 0.3 is 0 Å². The summed E-state index contributed by atoms with van der Waals surface area (Å²) in [5.41, 5.74) is 2.16. The molecular formula is C10H8BrIOS2. The molecule has 0 aliphatic rings. The SMILES string of the molecule is Cc1cc(C(O)c2csc(I)c2)sc1Br. The highest BCUT2D eigenvalue weighted by Gasteiger charge is 2.15. The van der Waals surface area contributed by atoms with Gasteiger partial charge in [0, 0.05) is 4.88 Å². The summed E-state index contributed by atoms with van der Waals surface area (Å²) >= 11 is 8.99. The van der Waals surface area contributed by atoms with Gasteiger partial charge in [0.25, 0.3) is 0 Å². The van der Waals surface area contributed by atoms with E-state index in [1.54, 1.807) is 22.7 Å². The highest BCUT2D eigenvalue weighted by molar-refractivity contribution is 14.1. The van der Waals surface area contributed by atoms with Crippen LogP contribution in [-0.2, 0) is 0 Å². The molecule has 0 spiro atoms. The molecule has 2 rings (SSSR count). The van der Waals surface area contributed by atoms with Crippen molar-refractivity contribution < 1.29 is 5.11 Å². The molecule has 1 atom stereocenters. The van der Waals surface area contributed by atoms with E-state index in [0.29, 0.717) is 0 Å². The monoisotopic (exact) mass is 414 g/mol. The molecule has 0 fully saturated rings. The van der Waals surface area contributed by atoms with Crippen molar-refractivity contribution >= 4 is 61.2 Å². The number of hydrogen-bond donors (Lipinski definition) is 1. The molecule has 0 radical (unpaired) electrons. The summed E-state index contributed by atoms with van der Waals surface area (Å²) in [6, 6.07) is 4.06. The molecule has 0 aliphatic carbocycles. The predicted molar refractivity (Wildman–Crippen MR) is 77.9 cm³/mol. The van der Waals surface area contributed by atoms with E-state index in [-0.39, 0.29) is 0 Å². The van der Waals surface area contributed by atoms with Crippen molar-refractivity contribution in [2.24, 2.45) is 0 Å². The molecule has 2 heterocycles. The standard InChI is InChI=1S/C10H8BrIOS2/c1-5-2-7(15-10(5)11)9(13)6-3-8(12)14-4-6/h2-4,9,13H,1H3. The van der Waals surface area contributed by atoms with Gasteiger partial charge in [-0.1, -0.05) is 0 Å². The molecule has 0 saturated heterocycles. The number of thiophene rings is 2. The van der Waals surface area contributed by atoms with Crippen molar-refractivity contribution in [3.05, 3.63) is 40.2 Å². The Hall–Kier alpha value is 0.570. The predicted octanol–water partition coefficient (Wildman–Crippen LogP) is 4.57. The Labute approximate surface area is 118 Å². The first-order chi connectivity index (χ1) is 7.08. The van der Waals surface area contributed by atoms with Crippen LogP contribution in [0.4, 0.5) is 0 Å². The minimum Gasteiger partial charge on any atom is -0.383 e. The fourth-order valence-electron chi connectivity index (χ4n) is 1.25. The Bertz CT molecular complexity index is 458. The Morgan fingerprint density at radius 2 is 2.20 bits per heavy atom. The van der Waals surface area contributed by atoms with E-state index >= 15 is 0 Å². The topological polar surface area (TPSA) is 20.2 Å². The third kappa shape index (κ3) is 2.63. The molecule has 2 aromatic rings. The highest BCUT2D eigenvalue weighted by Crippen LogP contribution is 2.35. The van der Waals surface area contributed by atoms with Crippen LogP contribution in [0, 0.1) is 9.81 Å². The summed E-state index contributed by atoms with van der Waals surface area (Å²) in [6.07, 6.45) is -0.486. The summed E-state index contributed by atoms with van der Waals surface area (Å²) in [5.74, 6) is 0. The molecule has 15 heavy (non-hydrogen) atoms. The summed E-state index contributed by atoms with van der Waals surface area (Å²) < 4.78 is 2.30. The normalized spacial score (nSPS) is 13.1. The Morgan fingerprint density at radius 1 is 1.47 bits per heavy atom. The number of aliphatic hydroxyl groups is 1. The van der Waals surface area contributed by atoms with Gasteiger partial charge in [-0.15, -0.1) is 22.7 Å². The van der Waals surface area contributed by atoms with E-state index < -0.39 is 6.10 Å². The van der Waals surface area contributed by atoms with Gasteiger partial charge in [0.1, 0.15) is 6.10 Å². The molecule has 2 aromatic heterocycles. The number of rotatable bonds is 2. The molecule has 1 N–H and O–H groups in total. The van der Waals surface area contributed by atoms with E-state index in [0.717, 1.165) is 14.2 Å². The van der Waals surface area contributed by atoms with Crippen molar-refractivity contribution in [1.29, 1.82) is 0 Å². The lowest BCUT2D eigenvalue weighted by atomic mass is 10.1. The maximum Gasteiger partial charge on any atom is 0.114 e. The summed E-state index contributed by atoms with van der Waals surface area (Å²) in [6.45, 7) is 2.04. The van der Waals surface area contributed by atoms with E-state index in [1.165, 1.54) is 8.45 Å². The van der Waals surface area contributed by atoms with Gasteiger partial charge in [0.05, 0.1) is 6.67 Å². The maximum absolute atomic E-state index is 10.1. The maximum atomic E-state index is 10.1. The van der Waals surface area contributed by atoms with Crippen LogP contribution in [0.3, 0.4) is 0 Å². The first kappa shape index (κ1) is 12.0. The van der Waals surface area contributed by atoms with Crippen molar-refractivity contribution in [3.8, 4) is 0 Å². The zero-order valence-electron chi connectivity index (χ0n) is 7.83. The van der Waals surface area contributed by atoms with Crippen molar-refractivity contribution in [3.63, 3.8) is 0 Å². The number of aliphatic hydroxyl groups excluding tert-OH is 1. The van der Waals surface area contributed by atoms with E-state index in [4.69, 9.17) is 0 Å². The van der Waals surface area contributed by atoms with Crippen LogP contribution < -0.4 is 0 Å². The molecular weight excluding hydrogens is 407 g/mol. The van der Waals surface area contributed by atoms with Crippen LogP contribution in [0.5, 0.6) is 0 Å². The molecule has 0 aromatic carbocycles. The van der Waals surface area contributed by atoms with Gasteiger partial charge in [-0.2, -0.15) is 0 Å². The minimum atomic E-state index is -0.486. The smallest absolute Gasteiger partial charge is 0.114 e. The molecule has 0 bridgehead atoms. The van der Waals surface area contributed by atoms with Gasteiger partial charge in [-0.25, -0.2) is 0 Å². The zero-order valence-corrected chi connectivity index (χ0v) is 13.2. The fraction of sp³-hybridized carbons (Fsp3) is 0.200. The van der Waals surface area contributed by atoms with E-state index in [1.807, 2.05) is 24.4 Å². The summed E-state index contributed by atoms with van der Waals surface area (Å²) in [7, 11) is 0. The van der Waals surface area contributed by atoms with Crippen LogP contribution in [0.2, 0.25) is 0 Å².